The van der Waals surface area contributed by atoms with Gasteiger partial charge in [0, 0.05) is 11.7 Å². The van der Waals surface area contributed by atoms with Gasteiger partial charge in [0.2, 0.25) is 0 Å². The van der Waals surface area contributed by atoms with Crippen molar-refractivity contribution in [2.24, 2.45) is 0 Å². The van der Waals surface area contributed by atoms with Crippen molar-refractivity contribution < 1.29 is 0 Å². The number of nitrogens with zero attached hydrogens (tertiary/aromatic N) is 1. The molecular formula is C12H17NOS. The molecule has 0 amide bonds. The summed E-state index contributed by atoms with van der Waals surface area (Å²) in [6.07, 6.45) is 3.80. The Kier molecular flexibility index (Phi) is 3.69. The summed E-state index contributed by atoms with van der Waals surface area (Å²) in [6, 6.07) is 0.222. The van der Waals surface area contributed by atoms with E-state index in [0.717, 1.165) is 16.1 Å². The summed E-state index contributed by atoms with van der Waals surface area (Å²) >= 11 is 1.30. The second kappa shape index (κ2) is 4.62. The lowest BCUT2D eigenvalue weighted by atomic mass is 10.2. The van der Waals surface area contributed by atoms with Gasteiger partial charge in [-0.05, 0) is 33.8 Å². The van der Waals surface area contributed by atoms with E-state index in [9.17, 15) is 4.79 Å². The highest BCUT2D eigenvalue weighted by atomic mass is 32.1. The molecule has 2 nitrogen and oxygen atoms in total. The topological polar surface area (TPSA) is 22.0 Å². The van der Waals surface area contributed by atoms with E-state index in [2.05, 4.69) is 6.58 Å². The lowest BCUT2D eigenvalue weighted by molar-refractivity contribution is 0.575. The van der Waals surface area contributed by atoms with Crippen LogP contribution in [0.15, 0.2) is 23.0 Å². The van der Waals surface area contributed by atoms with Gasteiger partial charge in [-0.3, -0.25) is 4.79 Å². The van der Waals surface area contributed by atoms with Crippen LogP contribution >= 0.6 is 11.3 Å². The molecule has 3 heteroatoms. The van der Waals surface area contributed by atoms with Gasteiger partial charge in [0.15, 0.2) is 0 Å². The van der Waals surface area contributed by atoms with Crippen molar-refractivity contribution in [2.75, 3.05) is 0 Å². The highest BCUT2D eigenvalue weighted by Gasteiger charge is 2.11. The molecule has 1 aromatic heterocycles. The van der Waals surface area contributed by atoms with Gasteiger partial charge in [0.25, 0.3) is 0 Å². The molecule has 0 aliphatic heterocycles. The van der Waals surface area contributed by atoms with Gasteiger partial charge < -0.3 is 4.57 Å². The van der Waals surface area contributed by atoms with Crippen molar-refractivity contribution in [3.63, 3.8) is 0 Å². The number of hydrogen-bond acceptors (Lipinski definition) is 2. The molecule has 1 aromatic rings. The predicted octanol–water partition coefficient (Wildman–Crippen LogP) is 3.39. The zero-order valence-corrected chi connectivity index (χ0v) is 10.5. The molecule has 1 rings (SSSR count). The van der Waals surface area contributed by atoms with E-state index in [-0.39, 0.29) is 10.9 Å². The van der Waals surface area contributed by atoms with Crippen molar-refractivity contribution in [1.82, 2.24) is 4.57 Å². The van der Waals surface area contributed by atoms with E-state index in [1.165, 1.54) is 11.3 Å². The van der Waals surface area contributed by atoms with Crippen LogP contribution < -0.4 is 4.87 Å². The monoisotopic (exact) mass is 223 g/mol. The summed E-state index contributed by atoms with van der Waals surface area (Å²) in [6.45, 7) is 11.7. The lowest BCUT2D eigenvalue weighted by Crippen LogP contribution is -2.16. The van der Waals surface area contributed by atoms with E-state index in [4.69, 9.17) is 0 Å². The molecule has 0 fully saturated rings. The molecule has 0 aromatic carbocycles. The zero-order valence-electron chi connectivity index (χ0n) is 9.70. The van der Waals surface area contributed by atoms with Crippen molar-refractivity contribution >= 4 is 17.4 Å². The first-order valence-electron chi connectivity index (χ1n) is 5.00. The van der Waals surface area contributed by atoms with Crippen molar-refractivity contribution in [3.05, 3.63) is 38.5 Å². The summed E-state index contributed by atoms with van der Waals surface area (Å²) in [7, 11) is 0. The largest absolute Gasteiger partial charge is 0.308 e. The molecule has 0 atom stereocenters. The van der Waals surface area contributed by atoms with Crippen LogP contribution in [0.1, 0.15) is 37.4 Å². The van der Waals surface area contributed by atoms with Crippen LogP contribution in [0.3, 0.4) is 0 Å². The van der Waals surface area contributed by atoms with E-state index < -0.39 is 0 Å². The Balaban J connectivity index is 3.30. The average molecular weight is 223 g/mol. The summed E-state index contributed by atoms with van der Waals surface area (Å²) < 4.78 is 1.83. The van der Waals surface area contributed by atoms with Crippen molar-refractivity contribution in [2.45, 2.75) is 33.7 Å². The Bertz CT molecular complexity index is 449. The van der Waals surface area contributed by atoms with Gasteiger partial charge >= 0.3 is 4.87 Å². The van der Waals surface area contributed by atoms with E-state index in [1.54, 1.807) is 6.08 Å². The van der Waals surface area contributed by atoms with Gasteiger partial charge in [-0.2, -0.15) is 0 Å². The lowest BCUT2D eigenvalue weighted by Gasteiger charge is -2.07. The number of allylic oxidation sites excluding steroid dienone is 2. The smallest absolute Gasteiger partial charge is 0.300 e. The average Bonchev–Trinajstić information content (AvgIpc) is 2.41. The first-order chi connectivity index (χ1) is 6.97. The molecule has 0 aliphatic carbocycles. The first-order valence-corrected chi connectivity index (χ1v) is 5.81. The summed E-state index contributed by atoms with van der Waals surface area (Å²) in [4.78, 5) is 12.8. The predicted molar refractivity (Wildman–Crippen MR) is 67.5 cm³/mol. The van der Waals surface area contributed by atoms with Crippen molar-refractivity contribution in [3.8, 4) is 0 Å². The third-order valence-corrected chi connectivity index (χ3v) is 3.31. The third-order valence-electron chi connectivity index (χ3n) is 2.31. The van der Waals surface area contributed by atoms with Crippen LogP contribution in [-0.2, 0) is 0 Å². The van der Waals surface area contributed by atoms with E-state index >= 15 is 0 Å². The quantitative estimate of drug-likeness (QED) is 0.720. The van der Waals surface area contributed by atoms with Crippen LogP contribution in [-0.4, -0.2) is 4.57 Å². The molecular weight excluding hydrogens is 206 g/mol. The minimum Gasteiger partial charge on any atom is -0.300 e. The maximum absolute atomic E-state index is 11.7. The molecule has 82 valence electrons. The summed E-state index contributed by atoms with van der Waals surface area (Å²) in [5.41, 5.74) is 2.12. The minimum absolute atomic E-state index is 0.116. The van der Waals surface area contributed by atoms with Crippen LogP contribution in [0.5, 0.6) is 0 Å². The van der Waals surface area contributed by atoms with E-state index in [1.807, 2.05) is 38.3 Å². The van der Waals surface area contributed by atoms with Crippen LogP contribution in [0.4, 0.5) is 0 Å². The second-order valence-electron chi connectivity index (χ2n) is 3.87. The second-order valence-corrected chi connectivity index (χ2v) is 4.87. The SMILES string of the molecule is C=C/C(C)=C\c1sc(=O)n(C(C)C)c1C. The molecule has 0 saturated heterocycles. The Morgan fingerprint density at radius 3 is 2.53 bits per heavy atom. The molecule has 0 radical (unpaired) electrons. The fourth-order valence-electron chi connectivity index (χ4n) is 1.47. The van der Waals surface area contributed by atoms with Gasteiger partial charge in [-0.1, -0.05) is 29.6 Å². The molecule has 0 N–H and O–H groups in total. The number of rotatable bonds is 3. The Morgan fingerprint density at radius 1 is 1.53 bits per heavy atom. The summed E-state index contributed by atoms with van der Waals surface area (Å²) in [5.74, 6) is 0. The number of hydrogen-bond donors (Lipinski definition) is 0. The highest BCUT2D eigenvalue weighted by Crippen LogP contribution is 2.19. The molecule has 0 aliphatic rings. The third kappa shape index (κ3) is 2.48. The van der Waals surface area contributed by atoms with E-state index in [0.29, 0.717) is 0 Å². The fraction of sp³-hybridized carbons (Fsp3) is 0.417. The van der Waals surface area contributed by atoms with Crippen LogP contribution in [0, 0.1) is 6.92 Å². The molecule has 0 saturated carbocycles. The molecule has 15 heavy (non-hydrogen) atoms. The maximum Gasteiger partial charge on any atom is 0.308 e. The highest BCUT2D eigenvalue weighted by molar-refractivity contribution is 7.10. The zero-order chi connectivity index (χ0) is 11.6. The van der Waals surface area contributed by atoms with Crippen LogP contribution in [0.2, 0.25) is 0 Å². The molecule has 0 bridgehead atoms. The fourth-order valence-corrected chi connectivity index (χ4v) is 2.60. The standard InChI is InChI=1S/C12H17NOS/c1-6-9(4)7-11-10(5)13(8(2)3)12(14)15-11/h6-8H,1H2,2-5H3/b9-7-. The molecule has 0 spiro atoms. The summed E-state index contributed by atoms with van der Waals surface area (Å²) in [5, 5.41) is 0. The Morgan fingerprint density at radius 2 is 2.13 bits per heavy atom. The van der Waals surface area contributed by atoms with Gasteiger partial charge in [0.05, 0.1) is 4.88 Å². The number of aromatic nitrogens is 1. The van der Waals surface area contributed by atoms with Gasteiger partial charge in [0.1, 0.15) is 0 Å². The minimum atomic E-state index is 0.116. The number of thiazole rings is 1. The first kappa shape index (κ1) is 12.0. The Labute approximate surface area is 94.6 Å². The molecule has 1 heterocycles. The molecule has 0 unspecified atom stereocenters. The van der Waals surface area contributed by atoms with Crippen LogP contribution in [0.25, 0.3) is 6.08 Å². The van der Waals surface area contributed by atoms with Crippen molar-refractivity contribution in [1.29, 1.82) is 0 Å². The van der Waals surface area contributed by atoms with Gasteiger partial charge in [-0.25, -0.2) is 0 Å². The van der Waals surface area contributed by atoms with Gasteiger partial charge in [-0.15, -0.1) is 0 Å². The normalized spacial score (nSPS) is 12.2. The maximum atomic E-state index is 11.7. The Hall–Kier alpha value is -1.09.